The topological polar surface area (TPSA) is 65.4 Å². The second kappa shape index (κ2) is 4.91. The summed E-state index contributed by atoms with van der Waals surface area (Å²) in [4.78, 5) is 3.53. The summed E-state index contributed by atoms with van der Waals surface area (Å²) in [6.07, 6.45) is 1.38. The molecule has 0 radical (unpaired) electrons. The Labute approximate surface area is 104 Å². The molecule has 0 aliphatic rings. The van der Waals surface area contributed by atoms with Gasteiger partial charge >= 0.3 is 0 Å². The molecule has 1 unspecified atom stereocenters. The lowest BCUT2D eigenvalue weighted by molar-refractivity contribution is 0.448. The molecule has 0 aliphatic heterocycles. The fourth-order valence-electron chi connectivity index (χ4n) is 1.66. The summed E-state index contributed by atoms with van der Waals surface area (Å²) < 4.78 is 12.6. The average Bonchev–Trinajstić information content (AvgIpc) is 2.31. The molecule has 4 nitrogen and oxygen atoms in total. The van der Waals surface area contributed by atoms with Crippen LogP contribution in [0.5, 0.6) is 11.5 Å². The SMILES string of the molecule is CC(Nc1ccc(F)nc1)c1cc(O)cc(O)c1. The number of pyridine rings is 1. The molecular formula is C13H13FN2O2. The van der Waals surface area contributed by atoms with E-state index >= 15 is 0 Å². The van der Waals surface area contributed by atoms with Crippen molar-refractivity contribution in [2.24, 2.45) is 0 Å². The second-order valence-corrected chi connectivity index (χ2v) is 4.02. The largest absolute Gasteiger partial charge is 0.508 e. The van der Waals surface area contributed by atoms with Gasteiger partial charge in [-0.05, 0) is 36.8 Å². The standard InChI is InChI=1S/C13H13FN2O2/c1-8(9-4-11(17)6-12(18)5-9)16-10-2-3-13(14)15-7-10/h2-8,16-18H,1H3. The van der Waals surface area contributed by atoms with Gasteiger partial charge in [0.2, 0.25) is 5.95 Å². The smallest absolute Gasteiger partial charge is 0.212 e. The van der Waals surface area contributed by atoms with E-state index in [4.69, 9.17) is 0 Å². The normalized spacial score (nSPS) is 12.1. The van der Waals surface area contributed by atoms with Gasteiger partial charge in [0.15, 0.2) is 0 Å². The van der Waals surface area contributed by atoms with Crippen molar-refractivity contribution in [2.45, 2.75) is 13.0 Å². The van der Waals surface area contributed by atoms with E-state index in [2.05, 4.69) is 10.3 Å². The molecular weight excluding hydrogens is 235 g/mol. The predicted octanol–water partition coefficient (Wildman–Crippen LogP) is 2.81. The molecule has 1 aromatic heterocycles. The van der Waals surface area contributed by atoms with E-state index in [1.807, 2.05) is 6.92 Å². The number of nitrogens with zero attached hydrogens (tertiary/aromatic N) is 1. The first-order valence-corrected chi connectivity index (χ1v) is 5.45. The van der Waals surface area contributed by atoms with Gasteiger partial charge in [-0.1, -0.05) is 0 Å². The lowest BCUT2D eigenvalue weighted by Gasteiger charge is -2.16. The lowest BCUT2D eigenvalue weighted by atomic mass is 10.1. The van der Waals surface area contributed by atoms with Gasteiger partial charge in [0.1, 0.15) is 11.5 Å². The summed E-state index contributed by atoms with van der Waals surface area (Å²) in [5.41, 5.74) is 1.38. The highest BCUT2D eigenvalue weighted by molar-refractivity contribution is 5.45. The zero-order chi connectivity index (χ0) is 13.1. The molecule has 1 heterocycles. The zero-order valence-electron chi connectivity index (χ0n) is 9.76. The highest BCUT2D eigenvalue weighted by atomic mass is 19.1. The van der Waals surface area contributed by atoms with Crippen LogP contribution in [0.25, 0.3) is 0 Å². The van der Waals surface area contributed by atoms with E-state index in [1.54, 1.807) is 18.2 Å². The van der Waals surface area contributed by atoms with Crippen molar-refractivity contribution in [3.63, 3.8) is 0 Å². The third-order valence-electron chi connectivity index (χ3n) is 2.54. The molecule has 1 aromatic carbocycles. The van der Waals surface area contributed by atoms with E-state index in [-0.39, 0.29) is 17.5 Å². The quantitative estimate of drug-likeness (QED) is 0.731. The van der Waals surface area contributed by atoms with Crippen LogP contribution in [0.1, 0.15) is 18.5 Å². The van der Waals surface area contributed by atoms with Crippen molar-refractivity contribution in [1.29, 1.82) is 0 Å². The van der Waals surface area contributed by atoms with Gasteiger partial charge in [-0.2, -0.15) is 4.39 Å². The predicted molar refractivity (Wildman–Crippen MR) is 66.0 cm³/mol. The molecule has 0 saturated heterocycles. The van der Waals surface area contributed by atoms with Crippen molar-refractivity contribution < 1.29 is 14.6 Å². The Morgan fingerprint density at radius 3 is 2.39 bits per heavy atom. The molecule has 0 spiro atoms. The molecule has 0 bridgehead atoms. The number of phenolic OH excluding ortho intramolecular Hbond substituents is 2. The fraction of sp³-hybridized carbons (Fsp3) is 0.154. The molecule has 0 aliphatic carbocycles. The van der Waals surface area contributed by atoms with Crippen molar-refractivity contribution in [3.8, 4) is 11.5 Å². The van der Waals surface area contributed by atoms with Gasteiger partial charge in [0.25, 0.3) is 0 Å². The molecule has 1 atom stereocenters. The third kappa shape index (κ3) is 2.88. The van der Waals surface area contributed by atoms with Crippen LogP contribution >= 0.6 is 0 Å². The Kier molecular flexibility index (Phi) is 3.32. The Balaban J connectivity index is 2.16. The Morgan fingerprint density at radius 2 is 1.83 bits per heavy atom. The van der Waals surface area contributed by atoms with E-state index in [0.717, 1.165) is 5.56 Å². The molecule has 2 rings (SSSR count). The number of rotatable bonds is 3. The molecule has 94 valence electrons. The van der Waals surface area contributed by atoms with Gasteiger partial charge < -0.3 is 15.5 Å². The first kappa shape index (κ1) is 12.2. The molecule has 0 fully saturated rings. The maximum atomic E-state index is 12.6. The number of aromatic nitrogens is 1. The van der Waals surface area contributed by atoms with Crippen molar-refractivity contribution in [3.05, 3.63) is 48.0 Å². The second-order valence-electron chi connectivity index (χ2n) is 4.02. The monoisotopic (exact) mass is 248 g/mol. The summed E-state index contributed by atoms with van der Waals surface area (Å²) in [5, 5.41) is 21.9. The van der Waals surface area contributed by atoms with Crippen molar-refractivity contribution in [2.75, 3.05) is 5.32 Å². The van der Waals surface area contributed by atoms with E-state index < -0.39 is 5.95 Å². The maximum absolute atomic E-state index is 12.6. The lowest BCUT2D eigenvalue weighted by Crippen LogP contribution is -2.06. The van der Waals surface area contributed by atoms with Crippen LogP contribution in [0.2, 0.25) is 0 Å². The number of hydrogen-bond acceptors (Lipinski definition) is 4. The number of aromatic hydroxyl groups is 2. The van der Waals surface area contributed by atoms with Crippen LogP contribution in [0.4, 0.5) is 10.1 Å². The van der Waals surface area contributed by atoms with Crippen LogP contribution in [0.15, 0.2) is 36.5 Å². The Morgan fingerprint density at radius 1 is 1.17 bits per heavy atom. The number of anilines is 1. The summed E-state index contributed by atoms with van der Waals surface area (Å²) in [6, 6.07) is 7.03. The molecule has 18 heavy (non-hydrogen) atoms. The summed E-state index contributed by atoms with van der Waals surface area (Å²) in [5.74, 6) is -0.546. The zero-order valence-corrected chi connectivity index (χ0v) is 9.76. The van der Waals surface area contributed by atoms with Gasteiger partial charge in [-0.15, -0.1) is 0 Å². The van der Waals surface area contributed by atoms with Gasteiger partial charge in [-0.25, -0.2) is 4.98 Å². The molecule has 3 N–H and O–H groups in total. The Hall–Kier alpha value is -2.30. The van der Waals surface area contributed by atoms with Crippen LogP contribution in [-0.2, 0) is 0 Å². The van der Waals surface area contributed by atoms with E-state index in [1.165, 1.54) is 18.3 Å². The van der Waals surface area contributed by atoms with Gasteiger partial charge in [-0.3, -0.25) is 0 Å². The molecule has 0 amide bonds. The minimum atomic E-state index is -0.539. The van der Waals surface area contributed by atoms with E-state index in [0.29, 0.717) is 5.69 Å². The minimum Gasteiger partial charge on any atom is -0.508 e. The Bertz CT molecular complexity index is 523. The number of nitrogens with one attached hydrogen (secondary N) is 1. The van der Waals surface area contributed by atoms with E-state index in [9.17, 15) is 14.6 Å². The van der Waals surface area contributed by atoms with Gasteiger partial charge in [0.05, 0.1) is 11.9 Å². The molecule has 5 heteroatoms. The van der Waals surface area contributed by atoms with Gasteiger partial charge in [0, 0.05) is 12.1 Å². The number of halogens is 1. The number of benzene rings is 1. The third-order valence-corrected chi connectivity index (χ3v) is 2.54. The summed E-state index contributed by atoms with van der Waals surface area (Å²) in [7, 11) is 0. The molecule has 0 saturated carbocycles. The van der Waals surface area contributed by atoms with Crippen molar-refractivity contribution in [1.82, 2.24) is 4.98 Å². The summed E-state index contributed by atoms with van der Waals surface area (Å²) >= 11 is 0. The van der Waals surface area contributed by atoms with Crippen LogP contribution in [-0.4, -0.2) is 15.2 Å². The number of hydrogen-bond donors (Lipinski definition) is 3. The minimum absolute atomic E-state index is 0.00381. The first-order chi connectivity index (χ1) is 8.54. The van der Waals surface area contributed by atoms with Crippen LogP contribution in [0, 0.1) is 5.95 Å². The highest BCUT2D eigenvalue weighted by Crippen LogP contribution is 2.26. The average molecular weight is 248 g/mol. The first-order valence-electron chi connectivity index (χ1n) is 5.45. The maximum Gasteiger partial charge on any atom is 0.212 e. The van der Waals surface area contributed by atoms with Crippen molar-refractivity contribution >= 4 is 5.69 Å². The highest BCUT2D eigenvalue weighted by Gasteiger charge is 2.08. The van der Waals surface area contributed by atoms with Crippen LogP contribution in [0.3, 0.4) is 0 Å². The fourth-order valence-corrected chi connectivity index (χ4v) is 1.66. The number of phenols is 2. The van der Waals surface area contributed by atoms with Crippen LogP contribution < -0.4 is 5.32 Å². The summed E-state index contributed by atoms with van der Waals surface area (Å²) in [6.45, 7) is 1.86. The molecule has 2 aromatic rings.